The van der Waals surface area contributed by atoms with Gasteiger partial charge in [0, 0.05) is 11.6 Å². The van der Waals surface area contributed by atoms with Crippen LogP contribution in [0.2, 0.25) is 5.02 Å². The summed E-state index contributed by atoms with van der Waals surface area (Å²) >= 11 is 6.12. The zero-order valence-corrected chi connectivity index (χ0v) is 12.3. The van der Waals surface area contributed by atoms with Gasteiger partial charge in [-0.3, -0.25) is 0 Å². The molecule has 2 N–H and O–H groups in total. The number of rotatable bonds is 5. The lowest BCUT2D eigenvalue weighted by atomic mass is 10.1. The monoisotopic (exact) mass is 311 g/mol. The van der Waals surface area contributed by atoms with Crippen molar-refractivity contribution in [3.05, 3.63) is 64.2 Å². The number of hydrogen-bond acceptors (Lipinski definition) is 2. The lowest BCUT2D eigenvalue weighted by Crippen LogP contribution is -2.17. The molecule has 1 unspecified atom stereocenters. The molecule has 0 radical (unpaired) electrons. The fourth-order valence-electron chi connectivity index (χ4n) is 1.98. The van der Waals surface area contributed by atoms with Crippen LogP contribution in [0.4, 0.5) is 8.78 Å². The summed E-state index contributed by atoms with van der Waals surface area (Å²) < 4.78 is 32.0. The summed E-state index contributed by atoms with van der Waals surface area (Å²) in [7, 11) is 0. The minimum Gasteiger partial charge on any atom is -0.487 e. The molecule has 0 aliphatic rings. The average Bonchev–Trinajstić information content (AvgIpc) is 2.41. The van der Waals surface area contributed by atoms with Crippen LogP contribution in [0.25, 0.3) is 0 Å². The van der Waals surface area contributed by atoms with E-state index in [-0.39, 0.29) is 18.2 Å². The van der Waals surface area contributed by atoms with Gasteiger partial charge in [0.05, 0.1) is 5.02 Å². The van der Waals surface area contributed by atoms with Crippen molar-refractivity contribution >= 4 is 11.6 Å². The van der Waals surface area contributed by atoms with E-state index in [4.69, 9.17) is 22.1 Å². The van der Waals surface area contributed by atoms with Crippen molar-refractivity contribution in [3.8, 4) is 5.75 Å². The summed E-state index contributed by atoms with van der Waals surface area (Å²) in [5, 5.41) is 0.421. The Morgan fingerprint density at radius 3 is 2.67 bits per heavy atom. The van der Waals surface area contributed by atoms with Gasteiger partial charge in [-0.1, -0.05) is 29.8 Å². The first kappa shape index (κ1) is 15.7. The van der Waals surface area contributed by atoms with Gasteiger partial charge in [-0.2, -0.15) is 0 Å². The quantitative estimate of drug-likeness (QED) is 0.902. The van der Waals surface area contributed by atoms with Crippen molar-refractivity contribution in [3.63, 3.8) is 0 Å². The molecule has 0 saturated heterocycles. The van der Waals surface area contributed by atoms with Crippen molar-refractivity contribution in [2.75, 3.05) is 0 Å². The first-order valence-electron chi connectivity index (χ1n) is 6.57. The molecule has 0 fully saturated rings. The van der Waals surface area contributed by atoms with Crippen LogP contribution in [0.1, 0.15) is 18.1 Å². The predicted octanol–water partition coefficient (Wildman–Crippen LogP) is 4.09. The molecule has 0 bridgehead atoms. The second-order valence-corrected chi connectivity index (χ2v) is 5.35. The maximum atomic E-state index is 13.5. The molecule has 0 aromatic heterocycles. The van der Waals surface area contributed by atoms with E-state index >= 15 is 0 Å². The fourth-order valence-corrected chi connectivity index (χ4v) is 2.23. The molecule has 0 saturated carbocycles. The van der Waals surface area contributed by atoms with E-state index in [1.807, 2.05) is 13.0 Å². The van der Waals surface area contributed by atoms with Crippen LogP contribution in [-0.2, 0) is 13.0 Å². The van der Waals surface area contributed by atoms with Crippen molar-refractivity contribution < 1.29 is 13.5 Å². The van der Waals surface area contributed by atoms with Gasteiger partial charge < -0.3 is 10.5 Å². The summed E-state index contributed by atoms with van der Waals surface area (Å²) in [6, 6.07) is 9.33. The van der Waals surface area contributed by atoms with Crippen LogP contribution >= 0.6 is 11.6 Å². The molecule has 5 heteroatoms. The molecule has 0 aliphatic carbocycles. The molecular formula is C16H16ClF2NO. The Labute approximate surface area is 127 Å². The Kier molecular flexibility index (Phi) is 5.15. The van der Waals surface area contributed by atoms with E-state index in [1.165, 1.54) is 12.1 Å². The molecule has 2 aromatic carbocycles. The Balaban J connectivity index is 2.08. The molecule has 112 valence electrons. The maximum absolute atomic E-state index is 13.5. The highest BCUT2D eigenvalue weighted by Gasteiger charge is 2.10. The molecule has 2 rings (SSSR count). The third kappa shape index (κ3) is 4.16. The second kappa shape index (κ2) is 6.87. The predicted molar refractivity (Wildman–Crippen MR) is 79.5 cm³/mol. The average molecular weight is 312 g/mol. The number of ether oxygens (including phenoxy) is 1. The topological polar surface area (TPSA) is 35.2 Å². The number of nitrogens with two attached hydrogens (primary N) is 1. The van der Waals surface area contributed by atoms with E-state index in [0.29, 0.717) is 17.2 Å². The number of benzene rings is 2. The molecule has 2 aromatic rings. The van der Waals surface area contributed by atoms with Gasteiger partial charge in [0.15, 0.2) is 11.6 Å². The molecular weight excluding hydrogens is 296 g/mol. The van der Waals surface area contributed by atoms with Crippen LogP contribution in [0.5, 0.6) is 5.75 Å². The zero-order valence-electron chi connectivity index (χ0n) is 11.6. The SMILES string of the molecule is CC(N)Cc1ccc(OCc2cccc(F)c2F)c(Cl)c1. The van der Waals surface area contributed by atoms with Crippen LogP contribution in [0.3, 0.4) is 0 Å². The summed E-state index contributed by atoms with van der Waals surface area (Å²) in [6.07, 6.45) is 0.707. The van der Waals surface area contributed by atoms with Crippen LogP contribution in [0.15, 0.2) is 36.4 Å². The fraction of sp³-hybridized carbons (Fsp3) is 0.250. The van der Waals surface area contributed by atoms with Crippen molar-refractivity contribution in [2.45, 2.75) is 26.0 Å². The van der Waals surface area contributed by atoms with E-state index < -0.39 is 11.6 Å². The Morgan fingerprint density at radius 1 is 1.24 bits per heavy atom. The highest BCUT2D eigenvalue weighted by atomic mass is 35.5. The first-order chi connectivity index (χ1) is 9.97. The molecule has 0 heterocycles. The minimum absolute atomic E-state index is 0.0363. The molecule has 21 heavy (non-hydrogen) atoms. The Morgan fingerprint density at radius 2 is 2.00 bits per heavy atom. The largest absolute Gasteiger partial charge is 0.487 e. The highest BCUT2D eigenvalue weighted by molar-refractivity contribution is 6.32. The van der Waals surface area contributed by atoms with Gasteiger partial charge in [0.25, 0.3) is 0 Å². The summed E-state index contributed by atoms with van der Waals surface area (Å²) in [4.78, 5) is 0. The molecule has 0 spiro atoms. The van der Waals surface area contributed by atoms with E-state index in [2.05, 4.69) is 0 Å². The Hall–Kier alpha value is -1.65. The normalized spacial score (nSPS) is 12.2. The number of halogens is 3. The molecule has 0 aliphatic heterocycles. The minimum atomic E-state index is -0.901. The zero-order chi connectivity index (χ0) is 15.4. The van der Waals surface area contributed by atoms with Gasteiger partial charge in [-0.05, 0) is 37.1 Å². The lowest BCUT2D eigenvalue weighted by Gasteiger charge is -2.11. The van der Waals surface area contributed by atoms with Gasteiger partial charge in [-0.15, -0.1) is 0 Å². The maximum Gasteiger partial charge on any atom is 0.165 e. The highest BCUT2D eigenvalue weighted by Crippen LogP contribution is 2.27. The van der Waals surface area contributed by atoms with Gasteiger partial charge in [0.2, 0.25) is 0 Å². The van der Waals surface area contributed by atoms with Gasteiger partial charge in [0.1, 0.15) is 12.4 Å². The van der Waals surface area contributed by atoms with Crippen LogP contribution < -0.4 is 10.5 Å². The van der Waals surface area contributed by atoms with E-state index in [9.17, 15) is 8.78 Å². The smallest absolute Gasteiger partial charge is 0.165 e. The number of hydrogen-bond donors (Lipinski definition) is 1. The summed E-state index contributed by atoms with van der Waals surface area (Å²) in [6.45, 7) is 1.82. The van der Waals surface area contributed by atoms with Crippen molar-refractivity contribution in [2.24, 2.45) is 5.73 Å². The first-order valence-corrected chi connectivity index (χ1v) is 6.95. The summed E-state index contributed by atoms with van der Waals surface area (Å²) in [5.74, 6) is -1.37. The van der Waals surface area contributed by atoms with Gasteiger partial charge in [-0.25, -0.2) is 8.78 Å². The Bertz CT molecular complexity index is 632. The standard InChI is InChI=1S/C16H16ClF2NO/c1-10(20)7-11-5-6-15(13(17)8-11)21-9-12-3-2-4-14(18)16(12)19/h2-6,8,10H,7,9,20H2,1H3. The van der Waals surface area contributed by atoms with Crippen molar-refractivity contribution in [1.82, 2.24) is 0 Å². The molecule has 1 atom stereocenters. The van der Waals surface area contributed by atoms with E-state index in [0.717, 1.165) is 11.6 Å². The molecule has 0 amide bonds. The summed E-state index contributed by atoms with van der Waals surface area (Å²) in [5.41, 5.74) is 6.87. The third-order valence-electron chi connectivity index (χ3n) is 2.97. The third-order valence-corrected chi connectivity index (χ3v) is 3.26. The molecule has 2 nitrogen and oxygen atoms in total. The van der Waals surface area contributed by atoms with Crippen LogP contribution in [0, 0.1) is 11.6 Å². The van der Waals surface area contributed by atoms with Gasteiger partial charge >= 0.3 is 0 Å². The lowest BCUT2D eigenvalue weighted by molar-refractivity contribution is 0.297. The second-order valence-electron chi connectivity index (χ2n) is 4.95. The van der Waals surface area contributed by atoms with Crippen molar-refractivity contribution in [1.29, 1.82) is 0 Å². The van der Waals surface area contributed by atoms with Crippen LogP contribution in [-0.4, -0.2) is 6.04 Å². The van der Waals surface area contributed by atoms with E-state index in [1.54, 1.807) is 12.1 Å².